The molecule has 0 aromatic carbocycles. The molecule has 1 fully saturated rings. The van der Waals surface area contributed by atoms with E-state index in [1.54, 1.807) is 0 Å². The first kappa shape index (κ1) is 12.5. The number of nitrogens with zero attached hydrogens (tertiary/aromatic N) is 4. The summed E-state index contributed by atoms with van der Waals surface area (Å²) in [6.45, 7) is -0.272. The van der Waals surface area contributed by atoms with Crippen LogP contribution in [0.4, 0.5) is 5.82 Å². The van der Waals surface area contributed by atoms with Crippen LogP contribution in [0.5, 0.6) is 0 Å². The van der Waals surface area contributed by atoms with Crippen LogP contribution < -0.4 is 5.73 Å². The Morgan fingerprint density at radius 3 is 2.89 bits per heavy atom. The van der Waals surface area contributed by atoms with E-state index < -0.39 is 23.8 Å². The van der Waals surface area contributed by atoms with Crippen LogP contribution in [-0.2, 0) is 4.74 Å². The molecular formula is C10H12ClN5O3. The molecule has 0 amide bonds. The van der Waals surface area contributed by atoms with Gasteiger partial charge in [-0.3, -0.25) is 4.57 Å². The summed E-state index contributed by atoms with van der Waals surface area (Å²) in [7, 11) is 0. The first-order valence-corrected chi connectivity index (χ1v) is 6.08. The predicted octanol–water partition coefficient (Wildman–Crippen LogP) is -0.734. The van der Waals surface area contributed by atoms with Gasteiger partial charge in [0.25, 0.3) is 0 Å². The summed E-state index contributed by atoms with van der Waals surface area (Å²) in [5.74, 6) is 0.248. The number of aliphatic hydroxyl groups excluding tert-OH is 2. The maximum absolute atomic E-state index is 10.1. The Bertz CT molecular complexity index is 606. The van der Waals surface area contributed by atoms with Crippen molar-refractivity contribution in [1.29, 1.82) is 0 Å². The topological polar surface area (TPSA) is 119 Å². The third-order valence-electron chi connectivity index (χ3n) is 3.13. The van der Waals surface area contributed by atoms with Gasteiger partial charge in [0.05, 0.1) is 18.3 Å². The standard InChI is InChI=1S/C10H12ClN5O3/c11-5-4(1-17)19-10(7(5)18)16-3-15-6-8(12)13-2-14-9(6)16/h2-5,7,10,17-18H,1H2,(H2,12,13,14). The lowest BCUT2D eigenvalue weighted by Crippen LogP contribution is -2.28. The van der Waals surface area contributed by atoms with Crippen molar-refractivity contribution in [3.05, 3.63) is 12.7 Å². The summed E-state index contributed by atoms with van der Waals surface area (Å²) >= 11 is 6.00. The van der Waals surface area contributed by atoms with Gasteiger partial charge in [0.1, 0.15) is 24.1 Å². The van der Waals surface area contributed by atoms with Gasteiger partial charge < -0.3 is 20.7 Å². The minimum absolute atomic E-state index is 0.248. The zero-order valence-corrected chi connectivity index (χ0v) is 10.5. The van der Waals surface area contributed by atoms with Crippen LogP contribution in [0.2, 0.25) is 0 Å². The molecular weight excluding hydrogens is 274 g/mol. The van der Waals surface area contributed by atoms with Crippen LogP contribution >= 0.6 is 11.6 Å². The highest BCUT2D eigenvalue weighted by atomic mass is 35.5. The second kappa shape index (κ2) is 4.57. The number of aliphatic hydroxyl groups is 2. The van der Waals surface area contributed by atoms with Gasteiger partial charge in [-0.15, -0.1) is 11.6 Å². The van der Waals surface area contributed by atoms with E-state index in [2.05, 4.69) is 15.0 Å². The molecule has 2 aromatic heterocycles. The smallest absolute Gasteiger partial charge is 0.167 e. The molecule has 1 aliphatic heterocycles. The van der Waals surface area contributed by atoms with E-state index >= 15 is 0 Å². The fraction of sp³-hybridized carbons (Fsp3) is 0.500. The Morgan fingerprint density at radius 1 is 1.42 bits per heavy atom. The van der Waals surface area contributed by atoms with E-state index in [1.807, 2.05) is 0 Å². The zero-order valence-electron chi connectivity index (χ0n) is 9.72. The Labute approximate surface area is 112 Å². The molecule has 19 heavy (non-hydrogen) atoms. The second-order valence-corrected chi connectivity index (χ2v) is 4.77. The Kier molecular flexibility index (Phi) is 3.02. The highest BCUT2D eigenvalue weighted by Crippen LogP contribution is 2.34. The summed E-state index contributed by atoms with van der Waals surface area (Å²) in [4.78, 5) is 12.0. The van der Waals surface area contributed by atoms with Crippen molar-refractivity contribution >= 4 is 28.6 Å². The first-order valence-electron chi connectivity index (χ1n) is 5.65. The molecule has 0 bridgehead atoms. The number of alkyl halides is 1. The van der Waals surface area contributed by atoms with Crippen LogP contribution in [0.15, 0.2) is 12.7 Å². The molecule has 0 spiro atoms. The van der Waals surface area contributed by atoms with Gasteiger partial charge >= 0.3 is 0 Å². The minimum atomic E-state index is -0.979. The molecule has 102 valence electrons. The molecule has 1 aliphatic rings. The average molecular weight is 286 g/mol. The summed E-state index contributed by atoms with van der Waals surface area (Å²) in [6.07, 6.45) is 0.371. The molecule has 2 aromatic rings. The third-order valence-corrected chi connectivity index (χ3v) is 3.67. The molecule has 4 atom stereocenters. The second-order valence-electron chi connectivity index (χ2n) is 4.27. The monoisotopic (exact) mass is 285 g/mol. The van der Waals surface area contributed by atoms with Gasteiger partial charge in [-0.25, -0.2) is 15.0 Å². The fourth-order valence-electron chi connectivity index (χ4n) is 2.14. The van der Waals surface area contributed by atoms with Gasteiger partial charge in [0.15, 0.2) is 17.7 Å². The number of nitrogen functional groups attached to an aromatic ring is 1. The highest BCUT2D eigenvalue weighted by molar-refractivity contribution is 6.21. The number of ether oxygens (including phenoxy) is 1. The lowest BCUT2D eigenvalue weighted by molar-refractivity contribution is -0.0486. The Balaban J connectivity index is 2.04. The molecule has 0 aliphatic carbocycles. The van der Waals surface area contributed by atoms with E-state index in [4.69, 9.17) is 27.2 Å². The quantitative estimate of drug-likeness (QED) is 0.622. The maximum Gasteiger partial charge on any atom is 0.167 e. The van der Waals surface area contributed by atoms with Gasteiger partial charge in [-0.05, 0) is 0 Å². The first-order chi connectivity index (χ1) is 9.13. The van der Waals surface area contributed by atoms with Crippen molar-refractivity contribution in [3.63, 3.8) is 0 Å². The number of imidazole rings is 1. The van der Waals surface area contributed by atoms with Crippen molar-refractivity contribution in [3.8, 4) is 0 Å². The van der Waals surface area contributed by atoms with E-state index in [0.717, 1.165) is 0 Å². The molecule has 1 saturated heterocycles. The number of nitrogens with two attached hydrogens (primary N) is 1. The van der Waals surface area contributed by atoms with Crippen LogP contribution in [0, 0.1) is 0 Å². The van der Waals surface area contributed by atoms with Gasteiger partial charge in [-0.1, -0.05) is 0 Å². The lowest BCUT2D eigenvalue weighted by Gasteiger charge is -2.16. The number of aromatic nitrogens is 4. The number of hydrogen-bond donors (Lipinski definition) is 3. The third kappa shape index (κ3) is 1.84. The summed E-state index contributed by atoms with van der Waals surface area (Å²) in [6, 6.07) is 0. The van der Waals surface area contributed by atoms with Gasteiger partial charge in [0, 0.05) is 0 Å². The summed E-state index contributed by atoms with van der Waals surface area (Å²) in [5.41, 5.74) is 6.56. The van der Waals surface area contributed by atoms with Crippen LogP contribution in [-0.4, -0.2) is 53.9 Å². The Morgan fingerprint density at radius 2 is 2.21 bits per heavy atom. The van der Waals surface area contributed by atoms with Gasteiger partial charge in [-0.2, -0.15) is 0 Å². The predicted molar refractivity (Wildman–Crippen MR) is 66.4 cm³/mol. The van der Waals surface area contributed by atoms with Crippen molar-refractivity contribution < 1.29 is 14.9 Å². The van der Waals surface area contributed by atoms with E-state index in [9.17, 15) is 5.11 Å². The maximum atomic E-state index is 10.1. The number of hydrogen-bond acceptors (Lipinski definition) is 7. The average Bonchev–Trinajstić information content (AvgIpc) is 2.94. The largest absolute Gasteiger partial charge is 0.394 e. The molecule has 4 N–H and O–H groups in total. The van der Waals surface area contributed by atoms with Crippen LogP contribution in [0.1, 0.15) is 6.23 Å². The number of fused-ring (bicyclic) bond motifs is 1. The van der Waals surface area contributed by atoms with E-state index in [0.29, 0.717) is 11.2 Å². The van der Waals surface area contributed by atoms with Crippen LogP contribution in [0.25, 0.3) is 11.2 Å². The normalized spacial score (nSPS) is 31.1. The van der Waals surface area contributed by atoms with E-state index in [1.165, 1.54) is 17.2 Å². The number of halogens is 1. The number of anilines is 1. The lowest BCUT2D eigenvalue weighted by atomic mass is 10.2. The molecule has 4 unspecified atom stereocenters. The summed E-state index contributed by atoms with van der Waals surface area (Å²) in [5, 5.41) is 18.5. The van der Waals surface area contributed by atoms with Crippen molar-refractivity contribution in [1.82, 2.24) is 19.5 Å². The van der Waals surface area contributed by atoms with E-state index in [-0.39, 0.29) is 12.4 Å². The molecule has 9 heteroatoms. The molecule has 0 radical (unpaired) electrons. The molecule has 3 rings (SSSR count). The zero-order chi connectivity index (χ0) is 13.6. The summed E-state index contributed by atoms with van der Waals surface area (Å²) < 4.78 is 7.05. The molecule has 0 saturated carbocycles. The Hall–Kier alpha value is -1.48. The highest BCUT2D eigenvalue weighted by Gasteiger charge is 2.43. The molecule has 8 nitrogen and oxygen atoms in total. The van der Waals surface area contributed by atoms with Gasteiger partial charge in [0.2, 0.25) is 0 Å². The fourth-order valence-corrected chi connectivity index (χ4v) is 2.41. The van der Waals surface area contributed by atoms with Crippen molar-refractivity contribution in [2.45, 2.75) is 23.8 Å². The van der Waals surface area contributed by atoms with Crippen LogP contribution in [0.3, 0.4) is 0 Å². The SMILES string of the molecule is Nc1ncnc2c1ncn2C1OC(CO)C(Cl)C1O. The van der Waals surface area contributed by atoms with Crippen molar-refractivity contribution in [2.75, 3.05) is 12.3 Å². The number of rotatable bonds is 2. The minimum Gasteiger partial charge on any atom is -0.394 e. The molecule has 3 heterocycles. The van der Waals surface area contributed by atoms with Crippen molar-refractivity contribution in [2.24, 2.45) is 0 Å².